The molecule has 0 radical (unpaired) electrons. The summed E-state index contributed by atoms with van der Waals surface area (Å²) >= 11 is 0. The summed E-state index contributed by atoms with van der Waals surface area (Å²) in [5.74, 6) is 0.437. The molecule has 7 heteroatoms. The topological polar surface area (TPSA) is 92.3 Å². The van der Waals surface area contributed by atoms with Gasteiger partial charge in [0.15, 0.2) is 0 Å². The standard InChI is InChI=1S/C19H19N5O2/c1-2-11-26-16-8-6-14(7-9-16)17-12-18(23-22-17)19(25)24-21-13-15-5-3-4-10-20-15/h3-10,12-13H,2,11H2,1H3,(H,22,23)(H,24,25)/b21-13-. The Morgan fingerprint density at radius 3 is 2.85 bits per heavy atom. The number of ether oxygens (including phenoxy) is 1. The highest BCUT2D eigenvalue weighted by molar-refractivity contribution is 5.94. The van der Waals surface area contributed by atoms with Gasteiger partial charge in [-0.05, 0) is 48.9 Å². The van der Waals surface area contributed by atoms with Crippen LogP contribution >= 0.6 is 0 Å². The summed E-state index contributed by atoms with van der Waals surface area (Å²) in [6.45, 7) is 2.75. The fourth-order valence-corrected chi connectivity index (χ4v) is 2.20. The summed E-state index contributed by atoms with van der Waals surface area (Å²) < 4.78 is 5.56. The van der Waals surface area contributed by atoms with E-state index in [4.69, 9.17) is 4.74 Å². The average Bonchev–Trinajstić information content (AvgIpc) is 3.18. The van der Waals surface area contributed by atoms with E-state index in [0.717, 1.165) is 17.7 Å². The molecular weight excluding hydrogens is 330 g/mol. The minimum Gasteiger partial charge on any atom is -0.494 e. The van der Waals surface area contributed by atoms with Crippen LogP contribution in [0.3, 0.4) is 0 Å². The van der Waals surface area contributed by atoms with Gasteiger partial charge in [-0.1, -0.05) is 13.0 Å². The number of carbonyl (C=O) groups excluding carboxylic acids is 1. The summed E-state index contributed by atoms with van der Waals surface area (Å²) in [5.41, 5.74) is 4.99. The van der Waals surface area contributed by atoms with Gasteiger partial charge < -0.3 is 4.74 Å². The first kappa shape index (κ1) is 17.3. The summed E-state index contributed by atoms with van der Waals surface area (Å²) in [4.78, 5) is 16.2. The Morgan fingerprint density at radius 2 is 2.12 bits per heavy atom. The Hall–Kier alpha value is -3.48. The number of benzene rings is 1. The number of aromatic nitrogens is 3. The molecule has 7 nitrogen and oxygen atoms in total. The number of pyridine rings is 1. The number of aromatic amines is 1. The van der Waals surface area contributed by atoms with Crippen molar-refractivity contribution in [3.63, 3.8) is 0 Å². The second-order valence-electron chi connectivity index (χ2n) is 5.49. The highest BCUT2D eigenvalue weighted by atomic mass is 16.5. The largest absolute Gasteiger partial charge is 0.494 e. The Kier molecular flexibility index (Phi) is 5.72. The van der Waals surface area contributed by atoms with E-state index < -0.39 is 0 Å². The van der Waals surface area contributed by atoms with E-state index in [1.165, 1.54) is 6.21 Å². The van der Waals surface area contributed by atoms with Gasteiger partial charge in [0.25, 0.3) is 5.91 Å². The van der Waals surface area contributed by atoms with Crippen LogP contribution in [0.15, 0.2) is 59.8 Å². The summed E-state index contributed by atoms with van der Waals surface area (Å²) in [6, 6.07) is 14.7. The van der Waals surface area contributed by atoms with E-state index in [0.29, 0.717) is 23.7 Å². The van der Waals surface area contributed by atoms with Crippen molar-refractivity contribution < 1.29 is 9.53 Å². The number of H-pyrrole nitrogens is 1. The van der Waals surface area contributed by atoms with Crippen LogP contribution in [0.2, 0.25) is 0 Å². The van der Waals surface area contributed by atoms with Crippen molar-refractivity contribution in [2.24, 2.45) is 5.10 Å². The molecule has 3 rings (SSSR count). The predicted molar refractivity (Wildman–Crippen MR) is 99.1 cm³/mol. The molecular formula is C19H19N5O2. The van der Waals surface area contributed by atoms with Crippen molar-refractivity contribution in [2.75, 3.05) is 6.61 Å². The third-order valence-corrected chi connectivity index (χ3v) is 3.50. The highest BCUT2D eigenvalue weighted by Gasteiger charge is 2.10. The van der Waals surface area contributed by atoms with Gasteiger partial charge in [0, 0.05) is 11.8 Å². The van der Waals surface area contributed by atoms with Crippen LogP contribution < -0.4 is 10.2 Å². The number of nitrogens with one attached hydrogen (secondary N) is 2. The molecule has 2 N–H and O–H groups in total. The first-order valence-electron chi connectivity index (χ1n) is 8.29. The quantitative estimate of drug-likeness (QED) is 0.506. The van der Waals surface area contributed by atoms with E-state index in [-0.39, 0.29) is 5.91 Å². The Bertz CT molecular complexity index is 872. The van der Waals surface area contributed by atoms with Crippen LogP contribution in [0.25, 0.3) is 11.3 Å². The van der Waals surface area contributed by atoms with E-state index in [1.54, 1.807) is 18.3 Å². The lowest BCUT2D eigenvalue weighted by Crippen LogP contribution is -2.18. The van der Waals surface area contributed by atoms with Gasteiger partial charge >= 0.3 is 0 Å². The normalized spacial score (nSPS) is 10.8. The molecule has 1 aromatic carbocycles. The number of hydrazone groups is 1. The molecule has 0 aliphatic carbocycles. The molecule has 26 heavy (non-hydrogen) atoms. The first-order chi connectivity index (χ1) is 12.8. The minimum absolute atomic E-state index is 0.324. The SMILES string of the molecule is CCCOc1ccc(-c2cc(C(=O)N/N=C\c3ccccn3)[nH]n2)cc1. The minimum atomic E-state index is -0.376. The molecule has 132 valence electrons. The van der Waals surface area contributed by atoms with E-state index in [9.17, 15) is 4.79 Å². The number of carbonyl (C=O) groups is 1. The van der Waals surface area contributed by atoms with Crippen LogP contribution in [0, 0.1) is 0 Å². The molecule has 0 spiro atoms. The lowest BCUT2D eigenvalue weighted by molar-refractivity contribution is 0.0950. The third-order valence-electron chi connectivity index (χ3n) is 3.50. The molecule has 0 aliphatic rings. The van der Waals surface area contributed by atoms with Gasteiger partial charge in [-0.15, -0.1) is 0 Å². The van der Waals surface area contributed by atoms with Crippen molar-refractivity contribution in [3.8, 4) is 17.0 Å². The Balaban J connectivity index is 1.61. The van der Waals surface area contributed by atoms with Crippen LogP contribution in [0.5, 0.6) is 5.75 Å². The molecule has 0 bridgehead atoms. The molecule has 1 amide bonds. The maximum atomic E-state index is 12.1. The van der Waals surface area contributed by atoms with Crippen molar-refractivity contribution in [3.05, 3.63) is 66.1 Å². The van der Waals surface area contributed by atoms with E-state index in [2.05, 4.69) is 32.6 Å². The van der Waals surface area contributed by atoms with E-state index in [1.807, 2.05) is 36.4 Å². The molecule has 0 saturated heterocycles. The summed E-state index contributed by atoms with van der Waals surface area (Å²) in [6.07, 6.45) is 4.09. The van der Waals surface area contributed by atoms with Crippen LogP contribution in [-0.2, 0) is 0 Å². The molecule has 0 atom stereocenters. The fraction of sp³-hybridized carbons (Fsp3) is 0.158. The molecule has 3 aromatic rings. The predicted octanol–water partition coefficient (Wildman–Crippen LogP) is 3.02. The number of rotatable bonds is 7. The number of hydrogen-bond acceptors (Lipinski definition) is 5. The lowest BCUT2D eigenvalue weighted by Gasteiger charge is -2.04. The maximum Gasteiger partial charge on any atom is 0.289 e. The zero-order chi connectivity index (χ0) is 18.2. The first-order valence-corrected chi connectivity index (χ1v) is 8.29. The molecule has 2 aromatic heterocycles. The van der Waals surface area contributed by atoms with Crippen molar-refractivity contribution >= 4 is 12.1 Å². The van der Waals surface area contributed by atoms with Gasteiger partial charge in [-0.25, -0.2) is 5.43 Å². The zero-order valence-electron chi connectivity index (χ0n) is 14.3. The van der Waals surface area contributed by atoms with Gasteiger partial charge in [-0.2, -0.15) is 10.2 Å². The fourth-order valence-electron chi connectivity index (χ4n) is 2.20. The molecule has 0 aliphatic heterocycles. The lowest BCUT2D eigenvalue weighted by atomic mass is 10.1. The molecule has 0 saturated carbocycles. The van der Waals surface area contributed by atoms with Crippen LogP contribution in [0.1, 0.15) is 29.5 Å². The van der Waals surface area contributed by atoms with Crippen molar-refractivity contribution in [1.29, 1.82) is 0 Å². The van der Waals surface area contributed by atoms with Gasteiger partial charge in [0.1, 0.15) is 11.4 Å². The van der Waals surface area contributed by atoms with Crippen LogP contribution in [-0.4, -0.2) is 33.9 Å². The van der Waals surface area contributed by atoms with E-state index >= 15 is 0 Å². The number of amides is 1. The summed E-state index contributed by atoms with van der Waals surface area (Å²) in [7, 11) is 0. The monoisotopic (exact) mass is 349 g/mol. The number of hydrogen-bond donors (Lipinski definition) is 2. The Morgan fingerprint density at radius 1 is 1.27 bits per heavy atom. The molecule has 2 heterocycles. The average molecular weight is 349 g/mol. The summed E-state index contributed by atoms with van der Waals surface area (Å²) in [5, 5.41) is 10.8. The third kappa shape index (κ3) is 4.54. The van der Waals surface area contributed by atoms with Crippen LogP contribution in [0.4, 0.5) is 0 Å². The van der Waals surface area contributed by atoms with Crippen molar-refractivity contribution in [2.45, 2.75) is 13.3 Å². The molecule has 0 unspecified atom stereocenters. The Labute approximate surface area is 151 Å². The number of nitrogens with zero attached hydrogens (tertiary/aromatic N) is 3. The second-order valence-corrected chi connectivity index (χ2v) is 5.49. The van der Waals surface area contributed by atoms with Gasteiger partial charge in [-0.3, -0.25) is 14.9 Å². The van der Waals surface area contributed by atoms with Gasteiger partial charge in [0.2, 0.25) is 0 Å². The highest BCUT2D eigenvalue weighted by Crippen LogP contribution is 2.21. The molecule has 0 fully saturated rings. The second kappa shape index (κ2) is 8.57. The van der Waals surface area contributed by atoms with Crippen molar-refractivity contribution in [1.82, 2.24) is 20.6 Å². The zero-order valence-corrected chi connectivity index (χ0v) is 14.3. The van der Waals surface area contributed by atoms with Gasteiger partial charge in [0.05, 0.1) is 24.2 Å². The maximum absolute atomic E-state index is 12.1. The smallest absolute Gasteiger partial charge is 0.289 e.